The Labute approximate surface area is 118 Å². The van der Waals surface area contributed by atoms with Gasteiger partial charge in [0, 0.05) is 16.6 Å². The lowest BCUT2D eigenvalue weighted by Gasteiger charge is -2.34. The Morgan fingerprint density at radius 2 is 2.00 bits per heavy atom. The van der Waals surface area contributed by atoms with E-state index in [4.69, 9.17) is 10.5 Å². The first-order valence-corrected chi connectivity index (χ1v) is 7.45. The third-order valence-electron chi connectivity index (χ3n) is 3.82. The van der Waals surface area contributed by atoms with Crippen molar-refractivity contribution in [2.45, 2.75) is 52.2 Å². The van der Waals surface area contributed by atoms with Crippen LogP contribution >= 0.6 is 15.9 Å². The first-order valence-electron chi connectivity index (χ1n) is 6.65. The Balaban J connectivity index is 2.02. The molecule has 0 aliphatic heterocycles. The van der Waals surface area contributed by atoms with Gasteiger partial charge in [0.15, 0.2) is 0 Å². The molecule has 0 radical (unpaired) electrons. The molecule has 0 unspecified atom stereocenters. The number of hydrogen-bond acceptors (Lipinski definition) is 2. The van der Waals surface area contributed by atoms with Crippen molar-refractivity contribution in [2.24, 2.45) is 11.1 Å². The lowest BCUT2D eigenvalue weighted by atomic mass is 9.76. The largest absolute Gasteiger partial charge is 0.490 e. The summed E-state index contributed by atoms with van der Waals surface area (Å²) in [5.41, 5.74) is 7.33. The Hall–Kier alpha value is -0.540. The molecule has 0 spiro atoms. The Morgan fingerprint density at radius 3 is 2.61 bits per heavy atom. The van der Waals surface area contributed by atoms with Crippen molar-refractivity contribution in [2.75, 3.05) is 0 Å². The highest BCUT2D eigenvalue weighted by molar-refractivity contribution is 9.10. The number of nitrogens with two attached hydrogens (primary N) is 1. The molecule has 0 aromatic heterocycles. The van der Waals surface area contributed by atoms with Gasteiger partial charge in [-0.3, -0.25) is 0 Å². The zero-order chi connectivity index (χ0) is 13.2. The van der Waals surface area contributed by atoms with E-state index < -0.39 is 0 Å². The van der Waals surface area contributed by atoms with Crippen LogP contribution in [0.5, 0.6) is 5.75 Å². The van der Waals surface area contributed by atoms with Gasteiger partial charge in [0.1, 0.15) is 5.75 Å². The molecular weight excluding hydrogens is 290 g/mol. The summed E-state index contributed by atoms with van der Waals surface area (Å²) >= 11 is 3.47. The maximum absolute atomic E-state index is 6.12. The summed E-state index contributed by atoms with van der Waals surface area (Å²) in [6.07, 6.45) is 5.13. The van der Waals surface area contributed by atoms with Crippen molar-refractivity contribution < 1.29 is 4.74 Å². The summed E-state index contributed by atoms with van der Waals surface area (Å²) in [7, 11) is 0. The SMILES string of the molecule is CC1(C)CCC(Oc2ccc(Br)cc2CN)CC1. The van der Waals surface area contributed by atoms with E-state index in [1.165, 1.54) is 12.8 Å². The van der Waals surface area contributed by atoms with E-state index in [1.54, 1.807) is 0 Å². The van der Waals surface area contributed by atoms with Gasteiger partial charge in [-0.05, 0) is 49.3 Å². The van der Waals surface area contributed by atoms with Gasteiger partial charge in [-0.1, -0.05) is 29.8 Å². The van der Waals surface area contributed by atoms with E-state index in [0.29, 0.717) is 18.1 Å². The molecule has 0 saturated heterocycles. The molecule has 1 saturated carbocycles. The van der Waals surface area contributed by atoms with E-state index >= 15 is 0 Å². The van der Waals surface area contributed by atoms with Gasteiger partial charge in [-0.15, -0.1) is 0 Å². The van der Waals surface area contributed by atoms with E-state index in [9.17, 15) is 0 Å². The Morgan fingerprint density at radius 1 is 1.33 bits per heavy atom. The van der Waals surface area contributed by atoms with Crippen molar-refractivity contribution in [1.29, 1.82) is 0 Å². The van der Waals surface area contributed by atoms with E-state index in [-0.39, 0.29) is 0 Å². The lowest BCUT2D eigenvalue weighted by Crippen LogP contribution is -2.28. The van der Waals surface area contributed by atoms with Crippen molar-refractivity contribution in [3.63, 3.8) is 0 Å². The second-order valence-electron chi connectivity index (χ2n) is 5.94. The maximum atomic E-state index is 6.12. The fourth-order valence-electron chi connectivity index (χ4n) is 2.49. The van der Waals surface area contributed by atoms with E-state index in [1.807, 2.05) is 18.2 Å². The molecule has 2 N–H and O–H groups in total. The van der Waals surface area contributed by atoms with Crippen molar-refractivity contribution in [1.82, 2.24) is 0 Å². The minimum Gasteiger partial charge on any atom is -0.490 e. The highest BCUT2D eigenvalue weighted by Crippen LogP contribution is 2.37. The first-order chi connectivity index (χ1) is 8.50. The summed E-state index contributed by atoms with van der Waals surface area (Å²) in [5, 5.41) is 0. The molecule has 0 atom stereocenters. The standard InChI is InChI=1S/C15H22BrNO/c1-15(2)7-5-13(6-8-15)18-14-4-3-12(16)9-11(14)10-17/h3-4,9,13H,5-8,10,17H2,1-2H3. The monoisotopic (exact) mass is 311 g/mol. The van der Waals surface area contributed by atoms with Crippen LogP contribution in [0.4, 0.5) is 0 Å². The maximum Gasteiger partial charge on any atom is 0.124 e. The molecule has 1 aromatic rings. The number of rotatable bonds is 3. The van der Waals surface area contributed by atoms with Crippen LogP contribution in [0.25, 0.3) is 0 Å². The van der Waals surface area contributed by atoms with Crippen LogP contribution in [0.1, 0.15) is 45.1 Å². The average molecular weight is 312 g/mol. The normalized spacial score (nSPS) is 19.8. The van der Waals surface area contributed by atoms with Crippen molar-refractivity contribution in [3.05, 3.63) is 28.2 Å². The molecule has 3 heteroatoms. The summed E-state index contributed by atoms with van der Waals surface area (Å²) in [4.78, 5) is 0. The van der Waals surface area contributed by atoms with Gasteiger partial charge in [0.05, 0.1) is 6.10 Å². The molecule has 2 rings (SSSR count). The quantitative estimate of drug-likeness (QED) is 0.905. The molecule has 100 valence electrons. The molecule has 1 aromatic carbocycles. The molecule has 0 bridgehead atoms. The second kappa shape index (κ2) is 5.62. The van der Waals surface area contributed by atoms with Gasteiger partial charge >= 0.3 is 0 Å². The van der Waals surface area contributed by atoms with E-state index in [2.05, 4.69) is 29.8 Å². The predicted octanol–water partition coefficient (Wildman–Crippen LogP) is 4.26. The smallest absolute Gasteiger partial charge is 0.124 e. The first kappa shape index (κ1) is 13.9. The number of benzene rings is 1. The van der Waals surface area contributed by atoms with Gasteiger partial charge in [-0.25, -0.2) is 0 Å². The third-order valence-corrected chi connectivity index (χ3v) is 4.32. The summed E-state index contributed by atoms with van der Waals surface area (Å²) in [6, 6.07) is 6.08. The molecule has 0 amide bonds. The molecule has 1 aliphatic rings. The Kier molecular flexibility index (Phi) is 4.33. The van der Waals surface area contributed by atoms with Crippen LogP contribution in [0.2, 0.25) is 0 Å². The summed E-state index contributed by atoms with van der Waals surface area (Å²) in [6.45, 7) is 5.20. The van der Waals surface area contributed by atoms with Crippen LogP contribution in [-0.4, -0.2) is 6.10 Å². The molecular formula is C15H22BrNO. The highest BCUT2D eigenvalue weighted by Gasteiger charge is 2.28. The Bertz CT molecular complexity index is 407. The fourth-order valence-corrected chi connectivity index (χ4v) is 2.90. The predicted molar refractivity (Wildman–Crippen MR) is 78.7 cm³/mol. The molecule has 18 heavy (non-hydrogen) atoms. The van der Waals surface area contributed by atoms with Crippen LogP contribution in [0.15, 0.2) is 22.7 Å². The van der Waals surface area contributed by atoms with Crippen molar-refractivity contribution >= 4 is 15.9 Å². The van der Waals surface area contributed by atoms with Crippen LogP contribution < -0.4 is 10.5 Å². The number of halogens is 1. The van der Waals surface area contributed by atoms with Gasteiger partial charge in [0.2, 0.25) is 0 Å². The number of hydrogen-bond donors (Lipinski definition) is 1. The summed E-state index contributed by atoms with van der Waals surface area (Å²) in [5.74, 6) is 0.949. The van der Waals surface area contributed by atoms with Crippen LogP contribution in [0, 0.1) is 5.41 Å². The van der Waals surface area contributed by atoms with Gasteiger partial charge in [-0.2, -0.15) is 0 Å². The van der Waals surface area contributed by atoms with E-state index in [0.717, 1.165) is 28.6 Å². The molecule has 2 nitrogen and oxygen atoms in total. The second-order valence-corrected chi connectivity index (χ2v) is 6.85. The summed E-state index contributed by atoms with van der Waals surface area (Å²) < 4.78 is 7.18. The molecule has 1 aliphatic carbocycles. The zero-order valence-electron chi connectivity index (χ0n) is 11.2. The minimum absolute atomic E-state index is 0.351. The molecule has 0 heterocycles. The fraction of sp³-hybridized carbons (Fsp3) is 0.600. The van der Waals surface area contributed by atoms with Crippen LogP contribution in [-0.2, 0) is 6.54 Å². The minimum atomic E-state index is 0.351. The zero-order valence-corrected chi connectivity index (χ0v) is 12.8. The number of ether oxygens (including phenoxy) is 1. The van der Waals surface area contributed by atoms with Gasteiger partial charge in [0.25, 0.3) is 0 Å². The van der Waals surface area contributed by atoms with Crippen LogP contribution in [0.3, 0.4) is 0 Å². The van der Waals surface area contributed by atoms with Crippen molar-refractivity contribution in [3.8, 4) is 5.75 Å². The lowest BCUT2D eigenvalue weighted by molar-refractivity contribution is 0.0979. The van der Waals surface area contributed by atoms with Gasteiger partial charge < -0.3 is 10.5 Å². The highest BCUT2D eigenvalue weighted by atomic mass is 79.9. The molecule has 1 fully saturated rings. The average Bonchev–Trinajstić information content (AvgIpc) is 2.34. The topological polar surface area (TPSA) is 35.2 Å². The third kappa shape index (κ3) is 3.48.